The van der Waals surface area contributed by atoms with Crippen molar-refractivity contribution in [2.24, 2.45) is 5.92 Å². The van der Waals surface area contributed by atoms with Crippen LogP contribution < -0.4 is 5.32 Å². The number of carboxylic acids is 1. The zero-order valence-corrected chi connectivity index (χ0v) is 14.1. The standard InChI is InChI=1S/C17H28N2O4/c1-11(2)18-15(20)8-5-9-16(21)19-13-7-4-3-6-12(13)10-14(19)17(22)23/h11-14H,3-10H2,1-2H3,(H,18,20)(H,22,23). The normalized spacial score (nSPS) is 26.9. The van der Waals surface area contributed by atoms with Gasteiger partial charge in [-0.2, -0.15) is 0 Å². The Kier molecular flexibility index (Phi) is 6.02. The maximum Gasteiger partial charge on any atom is 0.326 e. The van der Waals surface area contributed by atoms with E-state index in [1.807, 2.05) is 13.8 Å². The van der Waals surface area contributed by atoms with Gasteiger partial charge < -0.3 is 15.3 Å². The van der Waals surface area contributed by atoms with Gasteiger partial charge >= 0.3 is 5.97 Å². The van der Waals surface area contributed by atoms with Gasteiger partial charge in [0.1, 0.15) is 6.04 Å². The number of hydrogen-bond acceptors (Lipinski definition) is 3. The predicted octanol–water partition coefficient (Wildman–Crippen LogP) is 1.93. The van der Waals surface area contributed by atoms with Crippen molar-refractivity contribution in [3.8, 4) is 0 Å². The van der Waals surface area contributed by atoms with Crippen molar-refractivity contribution in [1.82, 2.24) is 10.2 Å². The minimum absolute atomic E-state index is 0.0560. The number of carboxylic acid groups (broad SMARTS) is 1. The molecule has 2 amide bonds. The Morgan fingerprint density at radius 1 is 1.17 bits per heavy atom. The first kappa shape index (κ1) is 17.8. The van der Waals surface area contributed by atoms with Crippen LogP contribution in [0.4, 0.5) is 0 Å². The van der Waals surface area contributed by atoms with Gasteiger partial charge in [0.15, 0.2) is 0 Å². The molecule has 1 saturated heterocycles. The summed E-state index contributed by atoms with van der Waals surface area (Å²) < 4.78 is 0. The largest absolute Gasteiger partial charge is 0.480 e. The van der Waals surface area contributed by atoms with Gasteiger partial charge in [-0.1, -0.05) is 12.8 Å². The number of carbonyl (C=O) groups excluding carboxylic acids is 2. The summed E-state index contributed by atoms with van der Waals surface area (Å²) in [5.74, 6) is -0.730. The van der Waals surface area contributed by atoms with E-state index in [9.17, 15) is 19.5 Å². The van der Waals surface area contributed by atoms with Gasteiger partial charge in [0.2, 0.25) is 11.8 Å². The molecule has 3 unspecified atom stereocenters. The molecule has 3 atom stereocenters. The molecule has 0 bridgehead atoms. The van der Waals surface area contributed by atoms with Gasteiger partial charge in [0, 0.05) is 24.9 Å². The topological polar surface area (TPSA) is 86.7 Å². The van der Waals surface area contributed by atoms with Crippen LogP contribution in [-0.2, 0) is 14.4 Å². The van der Waals surface area contributed by atoms with Crippen LogP contribution in [0.5, 0.6) is 0 Å². The van der Waals surface area contributed by atoms with E-state index >= 15 is 0 Å². The second kappa shape index (κ2) is 7.79. The van der Waals surface area contributed by atoms with Crippen molar-refractivity contribution >= 4 is 17.8 Å². The van der Waals surface area contributed by atoms with E-state index < -0.39 is 12.0 Å². The number of amides is 2. The molecule has 130 valence electrons. The molecular formula is C17H28N2O4. The summed E-state index contributed by atoms with van der Waals surface area (Å²) in [7, 11) is 0. The Labute approximate surface area is 137 Å². The van der Waals surface area contributed by atoms with Crippen LogP contribution in [0, 0.1) is 5.92 Å². The zero-order chi connectivity index (χ0) is 17.0. The molecule has 1 heterocycles. The van der Waals surface area contributed by atoms with Crippen LogP contribution in [0.25, 0.3) is 0 Å². The average molecular weight is 324 g/mol. The predicted molar refractivity (Wildman–Crippen MR) is 85.8 cm³/mol. The van der Waals surface area contributed by atoms with E-state index in [-0.39, 0.29) is 30.3 Å². The highest BCUT2D eigenvalue weighted by Crippen LogP contribution is 2.40. The quantitative estimate of drug-likeness (QED) is 0.781. The van der Waals surface area contributed by atoms with Crippen LogP contribution in [0.1, 0.15) is 65.2 Å². The lowest BCUT2D eigenvalue weighted by Crippen LogP contribution is -2.46. The summed E-state index contributed by atoms with van der Waals surface area (Å²) in [5.41, 5.74) is 0. The summed E-state index contributed by atoms with van der Waals surface area (Å²) in [4.78, 5) is 37.3. The summed E-state index contributed by atoms with van der Waals surface area (Å²) in [6, 6.07) is -0.502. The smallest absolute Gasteiger partial charge is 0.326 e. The molecule has 1 aliphatic heterocycles. The third kappa shape index (κ3) is 4.45. The van der Waals surface area contributed by atoms with Crippen LogP contribution in [-0.4, -0.2) is 45.9 Å². The minimum atomic E-state index is -0.898. The molecule has 0 aromatic carbocycles. The molecule has 0 aromatic rings. The van der Waals surface area contributed by atoms with E-state index in [1.54, 1.807) is 4.90 Å². The minimum Gasteiger partial charge on any atom is -0.480 e. The van der Waals surface area contributed by atoms with E-state index in [0.717, 1.165) is 25.7 Å². The van der Waals surface area contributed by atoms with E-state index in [1.165, 1.54) is 0 Å². The fourth-order valence-corrected chi connectivity index (χ4v) is 3.96. The monoisotopic (exact) mass is 324 g/mol. The van der Waals surface area contributed by atoms with E-state index in [4.69, 9.17) is 0 Å². The van der Waals surface area contributed by atoms with Crippen LogP contribution >= 0.6 is 0 Å². The lowest BCUT2D eigenvalue weighted by molar-refractivity contribution is -0.150. The SMILES string of the molecule is CC(C)NC(=O)CCCC(=O)N1C(C(=O)O)CC2CCCCC21. The Hall–Kier alpha value is -1.59. The third-order valence-electron chi connectivity index (χ3n) is 4.91. The molecule has 1 saturated carbocycles. The molecule has 23 heavy (non-hydrogen) atoms. The maximum absolute atomic E-state index is 12.5. The van der Waals surface area contributed by atoms with Crippen molar-refractivity contribution in [3.05, 3.63) is 0 Å². The lowest BCUT2D eigenvalue weighted by atomic mass is 9.84. The first-order chi connectivity index (χ1) is 10.9. The van der Waals surface area contributed by atoms with Crippen molar-refractivity contribution in [3.63, 3.8) is 0 Å². The molecular weight excluding hydrogens is 296 g/mol. The Balaban J connectivity index is 1.90. The van der Waals surface area contributed by atoms with Crippen molar-refractivity contribution < 1.29 is 19.5 Å². The van der Waals surface area contributed by atoms with Gasteiger partial charge in [-0.3, -0.25) is 9.59 Å². The molecule has 0 radical (unpaired) electrons. The number of nitrogens with one attached hydrogen (secondary N) is 1. The number of aliphatic carboxylic acids is 1. The number of carbonyl (C=O) groups is 3. The highest BCUT2D eigenvalue weighted by Gasteiger charge is 2.47. The zero-order valence-electron chi connectivity index (χ0n) is 14.1. The van der Waals surface area contributed by atoms with Crippen molar-refractivity contribution in [2.45, 2.75) is 83.3 Å². The van der Waals surface area contributed by atoms with Crippen molar-refractivity contribution in [1.29, 1.82) is 0 Å². The molecule has 6 heteroatoms. The molecule has 2 fully saturated rings. The van der Waals surface area contributed by atoms with Gasteiger partial charge in [-0.05, 0) is 45.4 Å². The molecule has 2 N–H and O–H groups in total. The summed E-state index contributed by atoms with van der Waals surface area (Å²) >= 11 is 0. The number of rotatable bonds is 6. The average Bonchev–Trinajstić information content (AvgIpc) is 2.86. The van der Waals surface area contributed by atoms with Crippen LogP contribution in [0.2, 0.25) is 0 Å². The van der Waals surface area contributed by atoms with Crippen LogP contribution in [0.3, 0.4) is 0 Å². The molecule has 1 aliphatic carbocycles. The number of hydrogen-bond donors (Lipinski definition) is 2. The van der Waals surface area contributed by atoms with Crippen molar-refractivity contribution in [2.75, 3.05) is 0 Å². The fraction of sp³-hybridized carbons (Fsp3) is 0.824. The first-order valence-corrected chi connectivity index (χ1v) is 8.73. The Morgan fingerprint density at radius 3 is 2.52 bits per heavy atom. The number of likely N-dealkylation sites (tertiary alicyclic amines) is 1. The van der Waals surface area contributed by atoms with Gasteiger partial charge in [0.25, 0.3) is 0 Å². The van der Waals surface area contributed by atoms with Gasteiger partial charge in [0.05, 0.1) is 0 Å². The number of fused-ring (bicyclic) bond motifs is 1. The van der Waals surface area contributed by atoms with E-state index in [0.29, 0.717) is 25.2 Å². The second-order valence-electron chi connectivity index (χ2n) is 7.08. The van der Waals surface area contributed by atoms with E-state index in [2.05, 4.69) is 5.32 Å². The highest BCUT2D eigenvalue weighted by atomic mass is 16.4. The molecule has 6 nitrogen and oxygen atoms in total. The lowest BCUT2D eigenvalue weighted by Gasteiger charge is -2.33. The third-order valence-corrected chi connectivity index (χ3v) is 4.91. The van der Waals surface area contributed by atoms with Crippen LogP contribution in [0.15, 0.2) is 0 Å². The summed E-state index contributed by atoms with van der Waals surface area (Å²) in [6.07, 6.45) is 5.74. The molecule has 0 spiro atoms. The molecule has 0 aromatic heterocycles. The maximum atomic E-state index is 12.5. The summed E-state index contributed by atoms with van der Waals surface area (Å²) in [5, 5.41) is 12.2. The Bertz CT molecular complexity index is 464. The van der Waals surface area contributed by atoms with Gasteiger partial charge in [-0.25, -0.2) is 4.79 Å². The molecule has 2 rings (SSSR count). The number of nitrogens with zero attached hydrogens (tertiary/aromatic N) is 1. The second-order valence-corrected chi connectivity index (χ2v) is 7.08. The first-order valence-electron chi connectivity index (χ1n) is 8.73. The highest BCUT2D eigenvalue weighted by molar-refractivity contribution is 5.85. The molecule has 2 aliphatic rings. The van der Waals surface area contributed by atoms with Gasteiger partial charge in [-0.15, -0.1) is 0 Å². The Morgan fingerprint density at radius 2 is 1.87 bits per heavy atom. The summed E-state index contributed by atoms with van der Waals surface area (Å²) in [6.45, 7) is 3.79. The fourth-order valence-electron chi connectivity index (χ4n) is 3.96.